The summed E-state index contributed by atoms with van der Waals surface area (Å²) in [5.74, 6) is -0.167. The molecule has 0 saturated heterocycles. The zero-order valence-electron chi connectivity index (χ0n) is 16.4. The fourth-order valence-electron chi connectivity index (χ4n) is 2.82. The number of nitrogen functional groups attached to an aromatic ring is 1. The number of ether oxygens (including phenoxy) is 3. The van der Waals surface area contributed by atoms with Crippen molar-refractivity contribution >= 4 is 23.4 Å². The highest BCUT2D eigenvalue weighted by atomic mass is 16.6. The Morgan fingerprint density at radius 2 is 2.07 bits per heavy atom. The summed E-state index contributed by atoms with van der Waals surface area (Å²) in [4.78, 5) is 36.7. The fraction of sp³-hybridized carbons (Fsp3) is 0.444. The molecule has 3 rings (SSSR count). The standard InChI is InChI=1S/C18H22N6O6/c1-2-28-18(25)23-11-12-10-13(6-7-20-12)29-8-4-3-5-9-30-17-21-15(19)14(24(26)27)16(23)22-17/h6-7,10H,2-5,8-9,11H2,1H3,(H2,19,21,22). The van der Waals surface area contributed by atoms with Crippen LogP contribution in [0.1, 0.15) is 31.9 Å². The molecule has 2 aromatic rings. The molecule has 3 heterocycles. The molecule has 4 bridgehead atoms. The van der Waals surface area contributed by atoms with Crippen LogP contribution in [0, 0.1) is 10.1 Å². The van der Waals surface area contributed by atoms with Crippen LogP contribution in [0.3, 0.4) is 0 Å². The molecule has 160 valence electrons. The third kappa shape index (κ3) is 5.01. The van der Waals surface area contributed by atoms with Crippen molar-refractivity contribution < 1.29 is 23.9 Å². The number of pyridine rings is 1. The zero-order valence-corrected chi connectivity index (χ0v) is 16.4. The van der Waals surface area contributed by atoms with E-state index in [0.717, 1.165) is 17.7 Å². The molecule has 0 saturated carbocycles. The number of nitrogens with two attached hydrogens (primary N) is 1. The summed E-state index contributed by atoms with van der Waals surface area (Å²) < 4.78 is 16.3. The molecule has 1 aliphatic heterocycles. The summed E-state index contributed by atoms with van der Waals surface area (Å²) in [6.45, 7) is 2.31. The zero-order chi connectivity index (χ0) is 21.5. The monoisotopic (exact) mass is 418 g/mol. The third-order valence-electron chi connectivity index (χ3n) is 4.20. The van der Waals surface area contributed by atoms with Gasteiger partial charge in [-0.05, 0) is 32.3 Å². The first kappa shape index (κ1) is 21.0. The molecule has 1 amide bonds. The molecule has 0 aliphatic carbocycles. The van der Waals surface area contributed by atoms with Crippen LogP contribution >= 0.6 is 0 Å². The second-order valence-corrected chi connectivity index (χ2v) is 6.35. The summed E-state index contributed by atoms with van der Waals surface area (Å²) in [7, 11) is 0. The highest BCUT2D eigenvalue weighted by molar-refractivity contribution is 5.90. The van der Waals surface area contributed by atoms with Gasteiger partial charge < -0.3 is 19.9 Å². The van der Waals surface area contributed by atoms with Gasteiger partial charge >= 0.3 is 17.8 Å². The van der Waals surface area contributed by atoms with E-state index in [-0.39, 0.29) is 31.6 Å². The van der Waals surface area contributed by atoms with Gasteiger partial charge in [0, 0.05) is 12.3 Å². The van der Waals surface area contributed by atoms with E-state index in [1.807, 2.05) is 0 Å². The predicted molar refractivity (Wildman–Crippen MR) is 105 cm³/mol. The first-order valence-corrected chi connectivity index (χ1v) is 9.46. The van der Waals surface area contributed by atoms with Crippen LogP contribution in [0.15, 0.2) is 18.3 Å². The molecule has 2 aromatic heterocycles. The summed E-state index contributed by atoms with van der Waals surface area (Å²) in [5, 5.41) is 11.7. The molecule has 1 aliphatic rings. The van der Waals surface area contributed by atoms with Gasteiger partial charge in [0.1, 0.15) is 5.75 Å². The number of fused-ring (bicyclic) bond motifs is 4. The average molecular weight is 418 g/mol. The van der Waals surface area contributed by atoms with Crippen LogP contribution in [-0.4, -0.2) is 45.8 Å². The largest absolute Gasteiger partial charge is 0.493 e. The van der Waals surface area contributed by atoms with E-state index in [0.29, 0.717) is 24.5 Å². The van der Waals surface area contributed by atoms with Gasteiger partial charge in [0.25, 0.3) is 0 Å². The van der Waals surface area contributed by atoms with Gasteiger partial charge in [0.2, 0.25) is 11.6 Å². The van der Waals surface area contributed by atoms with Gasteiger partial charge in [0.15, 0.2) is 0 Å². The quantitative estimate of drug-likeness (QED) is 0.567. The second-order valence-electron chi connectivity index (χ2n) is 6.35. The first-order valence-electron chi connectivity index (χ1n) is 9.46. The Morgan fingerprint density at radius 3 is 2.80 bits per heavy atom. The van der Waals surface area contributed by atoms with Gasteiger partial charge in [-0.1, -0.05) is 0 Å². The maximum Gasteiger partial charge on any atom is 0.416 e. The highest BCUT2D eigenvalue weighted by Crippen LogP contribution is 2.34. The topological polar surface area (TPSA) is 156 Å². The van der Waals surface area contributed by atoms with E-state index in [9.17, 15) is 14.9 Å². The van der Waals surface area contributed by atoms with Gasteiger partial charge in [-0.3, -0.25) is 15.1 Å². The van der Waals surface area contributed by atoms with Crippen LogP contribution < -0.4 is 20.1 Å². The predicted octanol–water partition coefficient (Wildman–Crippen LogP) is 2.47. The van der Waals surface area contributed by atoms with Crippen molar-refractivity contribution in [1.82, 2.24) is 15.0 Å². The Kier molecular flexibility index (Phi) is 6.78. The number of nitrogens with zero attached hydrogens (tertiary/aromatic N) is 5. The summed E-state index contributed by atoms with van der Waals surface area (Å²) in [6.07, 6.45) is 3.03. The molecule has 12 heteroatoms. The van der Waals surface area contributed by atoms with Crippen LogP contribution in [0.25, 0.3) is 0 Å². The van der Waals surface area contributed by atoms with E-state index in [1.54, 1.807) is 19.1 Å². The molecular weight excluding hydrogens is 396 g/mol. The number of carbonyl (C=O) groups is 1. The number of rotatable bonds is 2. The summed E-state index contributed by atoms with van der Waals surface area (Å²) >= 11 is 0. The molecule has 0 unspecified atom stereocenters. The molecule has 2 N–H and O–H groups in total. The molecule has 0 atom stereocenters. The molecule has 12 nitrogen and oxygen atoms in total. The Labute approximate surface area is 172 Å². The molecule has 30 heavy (non-hydrogen) atoms. The lowest BCUT2D eigenvalue weighted by Crippen LogP contribution is -2.33. The second kappa shape index (κ2) is 9.67. The van der Waals surface area contributed by atoms with Crippen LogP contribution in [0.5, 0.6) is 11.8 Å². The molecule has 0 fully saturated rings. The van der Waals surface area contributed by atoms with Gasteiger partial charge in [-0.15, -0.1) is 0 Å². The Hall–Kier alpha value is -3.70. The SMILES string of the molecule is CCOC(=O)N1Cc2cc(ccn2)OCCCCCOc2nc(N)c([N+](=O)[O-])c1n2. The van der Waals surface area contributed by atoms with E-state index in [4.69, 9.17) is 19.9 Å². The normalized spacial score (nSPS) is 14.5. The number of carbonyl (C=O) groups excluding carboxylic acids is 1. The number of aromatic nitrogens is 3. The van der Waals surface area contributed by atoms with Crippen molar-refractivity contribution in [3.05, 3.63) is 34.1 Å². The van der Waals surface area contributed by atoms with Crippen LogP contribution in [0.4, 0.5) is 22.1 Å². The summed E-state index contributed by atoms with van der Waals surface area (Å²) in [5.41, 5.74) is 5.61. The van der Waals surface area contributed by atoms with E-state index >= 15 is 0 Å². The van der Waals surface area contributed by atoms with Crippen LogP contribution in [-0.2, 0) is 11.3 Å². The molecule has 0 aromatic carbocycles. The Balaban J connectivity index is 2.11. The van der Waals surface area contributed by atoms with E-state index in [2.05, 4.69) is 15.0 Å². The van der Waals surface area contributed by atoms with Crippen LogP contribution in [0.2, 0.25) is 0 Å². The minimum atomic E-state index is -0.845. The van der Waals surface area contributed by atoms with Crippen molar-refractivity contribution in [3.63, 3.8) is 0 Å². The molecule has 0 radical (unpaired) electrons. The smallest absolute Gasteiger partial charge is 0.416 e. The first-order chi connectivity index (χ1) is 14.5. The highest BCUT2D eigenvalue weighted by Gasteiger charge is 2.32. The number of anilines is 2. The Morgan fingerprint density at radius 1 is 1.30 bits per heavy atom. The maximum atomic E-state index is 12.7. The lowest BCUT2D eigenvalue weighted by molar-refractivity contribution is -0.383. The lowest BCUT2D eigenvalue weighted by atomic mass is 10.2. The number of nitro groups is 1. The minimum Gasteiger partial charge on any atom is -0.493 e. The number of hydrogen-bond acceptors (Lipinski definition) is 10. The minimum absolute atomic E-state index is 0.0592. The van der Waals surface area contributed by atoms with Crippen molar-refractivity contribution in [1.29, 1.82) is 0 Å². The van der Waals surface area contributed by atoms with Gasteiger partial charge in [-0.2, -0.15) is 9.97 Å². The van der Waals surface area contributed by atoms with Gasteiger partial charge in [-0.25, -0.2) is 9.69 Å². The lowest BCUT2D eigenvalue weighted by Gasteiger charge is -2.21. The van der Waals surface area contributed by atoms with Crippen molar-refractivity contribution in [3.8, 4) is 11.8 Å². The van der Waals surface area contributed by atoms with E-state index in [1.165, 1.54) is 6.20 Å². The summed E-state index contributed by atoms with van der Waals surface area (Å²) in [6, 6.07) is 3.19. The Bertz CT molecular complexity index is 924. The van der Waals surface area contributed by atoms with Crippen molar-refractivity contribution in [2.75, 3.05) is 30.5 Å². The fourth-order valence-corrected chi connectivity index (χ4v) is 2.82. The van der Waals surface area contributed by atoms with Gasteiger partial charge in [0.05, 0.1) is 37.0 Å². The van der Waals surface area contributed by atoms with Crippen molar-refractivity contribution in [2.45, 2.75) is 32.7 Å². The average Bonchev–Trinajstić information content (AvgIpc) is 2.70. The maximum absolute atomic E-state index is 12.7. The molecule has 0 spiro atoms. The third-order valence-corrected chi connectivity index (χ3v) is 4.20. The number of amides is 1. The van der Waals surface area contributed by atoms with Crippen molar-refractivity contribution in [2.24, 2.45) is 0 Å². The molecular formula is C18H22N6O6. The van der Waals surface area contributed by atoms with E-state index < -0.39 is 22.5 Å². The number of hydrogen-bond donors (Lipinski definition) is 1.